The van der Waals surface area contributed by atoms with Crippen LogP contribution < -0.4 is 10.6 Å². The first kappa shape index (κ1) is 18.1. The van der Waals surface area contributed by atoms with Crippen LogP contribution in [0.2, 0.25) is 0 Å². The van der Waals surface area contributed by atoms with Gasteiger partial charge in [0.05, 0.1) is 24.1 Å². The molecule has 1 aromatic carbocycles. The summed E-state index contributed by atoms with van der Waals surface area (Å²) >= 11 is 0. The molecule has 146 valence electrons. The van der Waals surface area contributed by atoms with Crippen LogP contribution in [0, 0.1) is 5.92 Å². The van der Waals surface area contributed by atoms with Crippen molar-refractivity contribution in [3.05, 3.63) is 41.5 Å². The highest BCUT2D eigenvalue weighted by Crippen LogP contribution is 2.17. The lowest BCUT2D eigenvalue weighted by molar-refractivity contribution is 0.0869. The zero-order valence-corrected chi connectivity index (χ0v) is 16.1. The standard InChI is InChI=1S/C19H23N7O2/c1-11(2)8-12-10-26-17(19(28)21-12)16(23-24-26)18(27)20-9-15-22-13-6-4-5-7-14(13)25(15)3/h4-7,11-12H,8-10H2,1-3H3,(H,20,27)(H,21,28)/t12-/m0/s1. The SMILES string of the molecule is CC(C)C[C@H]1Cn2nnc(C(=O)NCc3nc4ccccc4n3C)c2C(=O)N1. The number of para-hydroxylation sites is 2. The number of rotatable bonds is 5. The first-order valence-corrected chi connectivity index (χ1v) is 9.37. The average Bonchev–Trinajstić information content (AvgIpc) is 3.21. The average molecular weight is 381 g/mol. The van der Waals surface area contributed by atoms with Gasteiger partial charge in [-0.3, -0.25) is 9.59 Å². The van der Waals surface area contributed by atoms with Crippen LogP contribution in [-0.4, -0.2) is 42.4 Å². The molecule has 1 atom stereocenters. The smallest absolute Gasteiger partial charge is 0.274 e. The molecule has 0 unspecified atom stereocenters. The van der Waals surface area contributed by atoms with Crippen molar-refractivity contribution in [3.63, 3.8) is 0 Å². The number of imidazole rings is 1. The highest BCUT2D eigenvalue weighted by Gasteiger charge is 2.32. The largest absolute Gasteiger partial charge is 0.346 e. The molecule has 0 aliphatic carbocycles. The van der Waals surface area contributed by atoms with Crippen LogP contribution in [0.3, 0.4) is 0 Å². The summed E-state index contributed by atoms with van der Waals surface area (Å²) in [7, 11) is 1.90. The van der Waals surface area contributed by atoms with Crippen molar-refractivity contribution >= 4 is 22.8 Å². The topological polar surface area (TPSA) is 107 Å². The number of hydrogen-bond donors (Lipinski definition) is 2. The first-order chi connectivity index (χ1) is 13.4. The highest BCUT2D eigenvalue weighted by atomic mass is 16.2. The first-order valence-electron chi connectivity index (χ1n) is 9.37. The van der Waals surface area contributed by atoms with E-state index in [0.29, 0.717) is 12.5 Å². The number of nitrogens with zero attached hydrogens (tertiary/aromatic N) is 5. The molecular formula is C19H23N7O2. The van der Waals surface area contributed by atoms with E-state index in [-0.39, 0.29) is 29.9 Å². The van der Waals surface area contributed by atoms with Crippen molar-refractivity contribution < 1.29 is 9.59 Å². The lowest BCUT2D eigenvalue weighted by Gasteiger charge is -2.25. The van der Waals surface area contributed by atoms with Gasteiger partial charge in [-0.2, -0.15) is 0 Å². The Morgan fingerprint density at radius 1 is 1.36 bits per heavy atom. The molecule has 0 saturated carbocycles. The molecular weight excluding hydrogens is 358 g/mol. The Balaban J connectivity index is 1.50. The van der Waals surface area contributed by atoms with E-state index < -0.39 is 5.91 Å². The summed E-state index contributed by atoms with van der Waals surface area (Å²) in [6.45, 7) is 4.95. The van der Waals surface area contributed by atoms with Gasteiger partial charge < -0.3 is 15.2 Å². The minimum atomic E-state index is -0.439. The van der Waals surface area contributed by atoms with Crippen LogP contribution in [0.1, 0.15) is 47.1 Å². The second kappa shape index (κ2) is 7.06. The molecule has 9 nitrogen and oxygen atoms in total. The fourth-order valence-corrected chi connectivity index (χ4v) is 3.63. The van der Waals surface area contributed by atoms with Gasteiger partial charge in [0, 0.05) is 13.1 Å². The zero-order valence-electron chi connectivity index (χ0n) is 16.1. The van der Waals surface area contributed by atoms with Crippen molar-refractivity contribution in [2.45, 2.75) is 39.4 Å². The van der Waals surface area contributed by atoms with E-state index in [9.17, 15) is 9.59 Å². The van der Waals surface area contributed by atoms with Crippen LogP contribution in [0.5, 0.6) is 0 Å². The molecule has 9 heteroatoms. The number of amides is 2. The maximum atomic E-state index is 12.6. The Labute approximate surface area is 162 Å². The van der Waals surface area contributed by atoms with Gasteiger partial charge in [-0.15, -0.1) is 5.10 Å². The zero-order chi connectivity index (χ0) is 19.8. The molecule has 4 rings (SSSR count). The summed E-state index contributed by atoms with van der Waals surface area (Å²) in [5, 5.41) is 13.7. The highest BCUT2D eigenvalue weighted by molar-refractivity contribution is 6.05. The molecule has 0 spiro atoms. The summed E-state index contributed by atoms with van der Waals surface area (Å²) in [4.78, 5) is 29.7. The molecule has 2 aromatic heterocycles. The molecule has 0 bridgehead atoms. The fraction of sp³-hybridized carbons (Fsp3) is 0.421. The molecule has 1 aliphatic heterocycles. The van der Waals surface area contributed by atoms with Crippen LogP contribution >= 0.6 is 0 Å². The Bertz CT molecular complexity index is 1050. The van der Waals surface area contributed by atoms with Crippen LogP contribution in [-0.2, 0) is 20.1 Å². The van der Waals surface area contributed by atoms with Crippen LogP contribution in [0.25, 0.3) is 11.0 Å². The second-order valence-corrected chi connectivity index (χ2v) is 7.53. The molecule has 2 amide bonds. The van der Waals surface area contributed by atoms with E-state index in [4.69, 9.17) is 0 Å². The van der Waals surface area contributed by atoms with Gasteiger partial charge in [-0.25, -0.2) is 9.67 Å². The number of nitrogens with one attached hydrogen (secondary N) is 2. The molecule has 3 heterocycles. The summed E-state index contributed by atoms with van der Waals surface area (Å²) in [5.74, 6) is 0.420. The lowest BCUT2D eigenvalue weighted by Crippen LogP contribution is -2.46. The maximum absolute atomic E-state index is 12.6. The van der Waals surface area contributed by atoms with Gasteiger partial charge in [0.15, 0.2) is 11.4 Å². The summed E-state index contributed by atoms with van der Waals surface area (Å²) in [5.41, 5.74) is 2.11. The third kappa shape index (κ3) is 3.23. The Kier molecular flexibility index (Phi) is 4.58. The normalized spacial score (nSPS) is 16.3. The van der Waals surface area contributed by atoms with Gasteiger partial charge in [0.2, 0.25) is 0 Å². The van der Waals surface area contributed by atoms with E-state index in [0.717, 1.165) is 23.3 Å². The van der Waals surface area contributed by atoms with E-state index in [1.54, 1.807) is 0 Å². The Morgan fingerprint density at radius 3 is 2.89 bits per heavy atom. The molecule has 0 fully saturated rings. The van der Waals surface area contributed by atoms with Gasteiger partial charge in [-0.05, 0) is 24.5 Å². The van der Waals surface area contributed by atoms with E-state index >= 15 is 0 Å². The van der Waals surface area contributed by atoms with Gasteiger partial charge in [-0.1, -0.05) is 31.2 Å². The maximum Gasteiger partial charge on any atom is 0.274 e. The van der Waals surface area contributed by atoms with Gasteiger partial charge >= 0.3 is 0 Å². The van der Waals surface area contributed by atoms with Gasteiger partial charge in [0.1, 0.15) is 5.82 Å². The second-order valence-electron chi connectivity index (χ2n) is 7.53. The number of carbonyl (C=O) groups is 2. The van der Waals surface area contributed by atoms with Crippen LogP contribution in [0.15, 0.2) is 24.3 Å². The number of carbonyl (C=O) groups excluding carboxylic acids is 2. The van der Waals surface area contributed by atoms with Crippen molar-refractivity contribution in [2.24, 2.45) is 13.0 Å². The number of aryl methyl sites for hydroxylation is 1. The summed E-state index contributed by atoms with van der Waals surface area (Å²) in [6.07, 6.45) is 0.847. The van der Waals surface area contributed by atoms with Crippen molar-refractivity contribution in [1.82, 2.24) is 35.2 Å². The number of hydrogen-bond acceptors (Lipinski definition) is 5. The number of aromatic nitrogens is 5. The molecule has 2 N–H and O–H groups in total. The number of benzene rings is 1. The minimum absolute atomic E-state index is 0.00221. The summed E-state index contributed by atoms with van der Waals surface area (Å²) < 4.78 is 3.45. The Hall–Kier alpha value is -3.23. The third-order valence-electron chi connectivity index (χ3n) is 4.94. The van der Waals surface area contributed by atoms with Gasteiger partial charge in [0.25, 0.3) is 11.8 Å². The molecule has 28 heavy (non-hydrogen) atoms. The number of fused-ring (bicyclic) bond motifs is 2. The Morgan fingerprint density at radius 2 is 2.14 bits per heavy atom. The molecule has 0 saturated heterocycles. The van der Waals surface area contributed by atoms with E-state index in [1.807, 2.05) is 35.9 Å². The molecule has 0 radical (unpaired) electrons. The van der Waals surface area contributed by atoms with Crippen molar-refractivity contribution in [1.29, 1.82) is 0 Å². The summed E-state index contributed by atoms with van der Waals surface area (Å²) in [6, 6.07) is 7.76. The quantitative estimate of drug-likeness (QED) is 0.692. The van der Waals surface area contributed by atoms with Crippen molar-refractivity contribution in [3.8, 4) is 0 Å². The van der Waals surface area contributed by atoms with Crippen LogP contribution in [0.4, 0.5) is 0 Å². The predicted molar refractivity (Wildman–Crippen MR) is 103 cm³/mol. The lowest BCUT2D eigenvalue weighted by atomic mass is 10.0. The fourth-order valence-electron chi connectivity index (χ4n) is 3.63. The van der Waals surface area contributed by atoms with E-state index in [2.05, 4.69) is 39.8 Å². The van der Waals surface area contributed by atoms with E-state index in [1.165, 1.54) is 4.68 Å². The monoisotopic (exact) mass is 381 g/mol. The molecule has 3 aromatic rings. The predicted octanol–water partition coefficient (Wildman–Crippen LogP) is 1.25. The minimum Gasteiger partial charge on any atom is -0.346 e. The van der Waals surface area contributed by atoms with Crippen molar-refractivity contribution in [2.75, 3.05) is 0 Å². The molecule has 1 aliphatic rings. The third-order valence-corrected chi connectivity index (χ3v) is 4.94.